The van der Waals surface area contributed by atoms with E-state index in [0.29, 0.717) is 32.6 Å². The average Bonchev–Trinajstić information content (AvgIpc) is 2.77. The fourth-order valence-corrected chi connectivity index (χ4v) is 5.07. The molecule has 1 N–H and O–H groups in total. The molecule has 2 fully saturated rings. The van der Waals surface area contributed by atoms with Gasteiger partial charge in [-0.1, -0.05) is 40.2 Å². The van der Waals surface area contributed by atoms with Crippen LogP contribution >= 0.6 is 12.4 Å². The van der Waals surface area contributed by atoms with E-state index in [-0.39, 0.29) is 29.6 Å². The number of hydrogen-bond acceptors (Lipinski definition) is 5. The number of ether oxygens (including phenoxy) is 2. The fourth-order valence-electron chi connectivity index (χ4n) is 5.07. The zero-order valence-corrected chi connectivity index (χ0v) is 21.1. The number of likely N-dealkylation sites (tertiary alicyclic amines) is 1. The maximum atomic E-state index is 13.5. The first-order chi connectivity index (χ1) is 15.2. The third kappa shape index (κ3) is 5.09. The van der Waals surface area contributed by atoms with Crippen molar-refractivity contribution in [2.75, 3.05) is 32.8 Å². The summed E-state index contributed by atoms with van der Waals surface area (Å²) in [5.74, 6) is 1.70. The highest BCUT2D eigenvalue weighted by atomic mass is 35.5. The van der Waals surface area contributed by atoms with Crippen LogP contribution < -0.4 is 14.8 Å². The van der Waals surface area contributed by atoms with Gasteiger partial charge in [-0.15, -0.1) is 12.4 Å². The van der Waals surface area contributed by atoms with Crippen molar-refractivity contribution in [3.8, 4) is 11.5 Å². The number of carbonyl (C=O) groups is 2. The lowest BCUT2D eigenvalue weighted by molar-refractivity contribution is -0.164. The maximum Gasteiger partial charge on any atom is 0.246 e. The number of carbonyl (C=O) groups excluding carboxylic acids is 2. The molecule has 184 valence electrons. The summed E-state index contributed by atoms with van der Waals surface area (Å²) >= 11 is 0. The molecular formula is C25H38ClN3O4. The third-order valence-electron chi connectivity index (χ3n) is 7.03. The van der Waals surface area contributed by atoms with Gasteiger partial charge in [0.1, 0.15) is 24.8 Å². The van der Waals surface area contributed by atoms with Gasteiger partial charge >= 0.3 is 0 Å². The Hall–Kier alpha value is -1.99. The van der Waals surface area contributed by atoms with Crippen LogP contribution in [0.4, 0.5) is 0 Å². The molecule has 1 aromatic carbocycles. The Morgan fingerprint density at radius 1 is 1.09 bits per heavy atom. The van der Waals surface area contributed by atoms with Crippen LogP contribution in [0.15, 0.2) is 18.2 Å². The Morgan fingerprint density at radius 3 is 2.39 bits per heavy atom. The molecule has 1 aromatic rings. The van der Waals surface area contributed by atoms with Gasteiger partial charge in [0.25, 0.3) is 0 Å². The van der Waals surface area contributed by atoms with Gasteiger partial charge in [-0.2, -0.15) is 0 Å². The number of nitrogens with zero attached hydrogens (tertiary/aromatic N) is 2. The van der Waals surface area contributed by atoms with Crippen LogP contribution in [0.1, 0.15) is 58.9 Å². The number of benzene rings is 1. The van der Waals surface area contributed by atoms with Crippen LogP contribution in [0.3, 0.4) is 0 Å². The van der Waals surface area contributed by atoms with Gasteiger partial charge in [0, 0.05) is 26.2 Å². The molecule has 2 saturated heterocycles. The molecular weight excluding hydrogens is 442 g/mol. The molecule has 7 nitrogen and oxygen atoms in total. The molecule has 33 heavy (non-hydrogen) atoms. The van der Waals surface area contributed by atoms with Crippen molar-refractivity contribution < 1.29 is 19.1 Å². The topological polar surface area (TPSA) is 71.1 Å². The molecule has 3 aliphatic heterocycles. The number of hydrogen-bond donors (Lipinski definition) is 1. The summed E-state index contributed by atoms with van der Waals surface area (Å²) in [4.78, 5) is 31.2. The molecule has 2 amide bonds. The van der Waals surface area contributed by atoms with Gasteiger partial charge in [0.15, 0.2) is 11.5 Å². The van der Waals surface area contributed by atoms with E-state index in [2.05, 4.69) is 29.3 Å². The molecule has 0 aromatic heterocycles. The SMILES string of the molecule is CCCCN1C(=O)[C@H](C(C)(C)C)NC(=O)C12CCN(Cc1ccc3c(c1)OCCO3)CC2.Cl. The molecule has 0 radical (unpaired) electrons. The largest absolute Gasteiger partial charge is 0.486 e. The molecule has 8 heteroatoms. The first kappa shape index (κ1) is 25.6. The maximum absolute atomic E-state index is 13.5. The number of piperidine rings is 1. The lowest BCUT2D eigenvalue weighted by Gasteiger charge is -2.53. The predicted octanol–water partition coefficient (Wildman–Crippen LogP) is 3.39. The summed E-state index contributed by atoms with van der Waals surface area (Å²) in [6.45, 7) is 12.3. The smallest absolute Gasteiger partial charge is 0.246 e. The van der Waals surface area contributed by atoms with Gasteiger partial charge in [-0.05, 0) is 42.4 Å². The van der Waals surface area contributed by atoms with Crippen LogP contribution in [-0.2, 0) is 16.1 Å². The van der Waals surface area contributed by atoms with E-state index in [4.69, 9.17) is 9.47 Å². The van der Waals surface area contributed by atoms with Crippen LogP contribution in [0, 0.1) is 5.41 Å². The summed E-state index contributed by atoms with van der Waals surface area (Å²) in [6.07, 6.45) is 3.24. The first-order valence-electron chi connectivity index (χ1n) is 12.0. The van der Waals surface area contributed by atoms with Crippen molar-refractivity contribution in [3.63, 3.8) is 0 Å². The first-order valence-corrected chi connectivity index (χ1v) is 12.0. The lowest BCUT2D eigenvalue weighted by Crippen LogP contribution is -2.74. The Bertz CT molecular complexity index is 862. The second-order valence-corrected chi connectivity index (χ2v) is 10.4. The summed E-state index contributed by atoms with van der Waals surface area (Å²) in [5, 5.41) is 3.09. The highest BCUT2D eigenvalue weighted by Crippen LogP contribution is 2.37. The molecule has 0 unspecified atom stereocenters. The standard InChI is InChI=1S/C25H37N3O4.ClH/c1-5-6-11-28-22(29)21(24(2,3)4)26-23(30)25(28)9-12-27(13-10-25)17-18-7-8-19-20(16-18)32-15-14-31-19;/h7-8,16,21H,5-6,9-15,17H2,1-4H3,(H,26,30);1H/t21-;/m1./s1. The van der Waals surface area contributed by atoms with E-state index < -0.39 is 11.6 Å². The number of halogens is 1. The molecule has 0 saturated carbocycles. The van der Waals surface area contributed by atoms with Gasteiger partial charge in [-0.3, -0.25) is 14.5 Å². The fraction of sp³-hybridized carbons (Fsp3) is 0.680. The highest BCUT2D eigenvalue weighted by molar-refractivity contribution is 6.00. The highest BCUT2D eigenvalue weighted by Gasteiger charge is 2.55. The second-order valence-electron chi connectivity index (χ2n) is 10.4. The minimum absolute atomic E-state index is 0. The number of fused-ring (bicyclic) bond motifs is 1. The van der Waals surface area contributed by atoms with E-state index in [1.807, 2.05) is 31.7 Å². The van der Waals surface area contributed by atoms with Crippen molar-refractivity contribution >= 4 is 24.2 Å². The van der Waals surface area contributed by atoms with Crippen molar-refractivity contribution in [2.24, 2.45) is 5.41 Å². The number of amides is 2. The molecule has 3 aliphatic rings. The van der Waals surface area contributed by atoms with Crippen LogP contribution in [0.25, 0.3) is 0 Å². The van der Waals surface area contributed by atoms with Crippen molar-refractivity contribution in [2.45, 2.75) is 71.5 Å². The summed E-state index contributed by atoms with van der Waals surface area (Å²) < 4.78 is 11.3. The van der Waals surface area contributed by atoms with Crippen LogP contribution in [-0.4, -0.2) is 66.0 Å². The van der Waals surface area contributed by atoms with Crippen molar-refractivity contribution in [1.82, 2.24) is 15.1 Å². The lowest BCUT2D eigenvalue weighted by atomic mass is 9.77. The molecule has 3 heterocycles. The third-order valence-corrected chi connectivity index (χ3v) is 7.03. The molecule has 1 spiro atoms. The van der Waals surface area contributed by atoms with Gasteiger partial charge in [-0.25, -0.2) is 0 Å². The summed E-state index contributed by atoms with van der Waals surface area (Å²) in [5.41, 5.74) is 0.139. The monoisotopic (exact) mass is 479 g/mol. The van der Waals surface area contributed by atoms with E-state index in [9.17, 15) is 9.59 Å². The Kier molecular flexibility index (Phi) is 7.84. The summed E-state index contributed by atoms with van der Waals surface area (Å²) in [7, 11) is 0. The molecule has 1 atom stereocenters. The molecule has 4 rings (SSSR count). The van der Waals surface area contributed by atoms with Crippen molar-refractivity contribution in [3.05, 3.63) is 23.8 Å². The van der Waals surface area contributed by atoms with E-state index in [1.54, 1.807) is 0 Å². The van der Waals surface area contributed by atoms with Crippen molar-refractivity contribution in [1.29, 1.82) is 0 Å². The normalized spacial score (nSPS) is 22.7. The van der Waals surface area contributed by atoms with Crippen LogP contribution in [0.5, 0.6) is 11.5 Å². The number of rotatable bonds is 5. The molecule has 0 aliphatic carbocycles. The second kappa shape index (κ2) is 10.1. The van der Waals surface area contributed by atoms with Gasteiger partial charge in [0.05, 0.1) is 0 Å². The minimum Gasteiger partial charge on any atom is -0.486 e. The zero-order chi connectivity index (χ0) is 22.9. The van der Waals surface area contributed by atoms with E-state index in [1.165, 1.54) is 5.56 Å². The quantitative estimate of drug-likeness (QED) is 0.701. The number of nitrogens with one attached hydrogen (secondary N) is 1. The Balaban J connectivity index is 0.00000306. The average molecular weight is 480 g/mol. The van der Waals surface area contributed by atoms with Gasteiger partial charge < -0.3 is 19.7 Å². The van der Waals surface area contributed by atoms with E-state index in [0.717, 1.165) is 44.0 Å². The van der Waals surface area contributed by atoms with Crippen LogP contribution in [0.2, 0.25) is 0 Å². The zero-order valence-electron chi connectivity index (χ0n) is 20.3. The number of piperazine rings is 1. The summed E-state index contributed by atoms with van der Waals surface area (Å²) in [6, 6.07) is 5.64. The van der Waals surface area contributed by atoms with Gasteiger partial charge in [0.2, 0.25) is 11.8 Å². The Morgan fingerprint density at radius 2 is 1.76 bits per heavy atom. The van der Waals surface area contributed by atoms with E-state index >= 15 is 0 Å². The molecule has 0 bridgehead atoms. The number of unbranched alkanes of at least 4 members (excludes halogenated alkanes) is 1. The Labute approximate surface area is 203 Å². The minimum atomic E-state index is -0.725. The predicted molar refractivity (Wildman–Crippen MR) is 130 cm³/mol.